The molecule has 9 heteroatoms. The summed E-state index contributed by atoms with van der Waals surface area (Å²) in [4.78, 5) is 24.0. The number of rotatable bonds is 9. The maximum Gasteiger partial charge on any atom is 0.515 e. The zero-order valence-electron chi connectivity index (χ0n) is 22.2. The number of carbonyl (C=O) groups excluding carboxylic acids is 2. The van der Waals surface area contributed by atoms with Gasteiger partial charge < -0.3 is 18.8 Å². The molecule has 0 unspecified atom stereocenters. The summed E-state index contributed by atoms with van der Waals surface area (Å²) in [6, 6.07) is 28.8. The summed E-state index contributed by atoms with van der Waals surface area (Å²) in [5.41, 5.74) is 6.48. The molecule has 0 N–H and O–H groups in total. The number of aldehydes is 1. The first-order valence-corrected chi connectivity index (χ1v) is 13.8. The van der Waals surface area contributed by atoms with Crippen LogP contribution in [0.2, 0.25) is 0 Å². The van der Waals surface area contributed by atoms with Gasteiger partial charge in [-0.2, -0.15) is 8.75 Å². The molecular formula is C32H25N3O5S. The van der Waals surface area contributed by atoms with Crippen LogP contribution in [0, 0.1) is 0 Å². The van der Waals surface area contributed by atoms with Gasteiger partial charge in [0.15, 0.2) is 0 Å². The van der Waals surface area contributed by atoms with Gasteiger partial charge in [-0.25, -0.2) is 4.79 Å². The molecule has 0 amide bonds. The van der Waals surface area contributed by atoms with Crippen LogP contribution < -0.4 is 9.47 Å². The number of ether oxygens (including phenoxy) is 3. The molecule has 6 aromatic rings. The van der Waals surface area contributed by atoms with Crippen LogP contribution in [-0.4, -0.2) is 32.4 Å². The van der Waals surface area contributed by atoms with Gasteiger partial charge >= 0.3 is 6.16 Å². The van der Waals surface area contributed by atoms with Gasteiger partial charge in [-0.1, -0.05) is 60.7 Å². The van der Waals surface area contributed by atoms with E-state index in [0.29, 0.717) is 35.9 Å². The van der Waals surface area contributed by atoms with Crippen molar-refractivity contribution in [2.45, 2.75) is 20.1 Å². The highest BCUT2D eigenvalue weighted by molar-refractivity contribution is 7.00. The van der Waals surface area contributed by atoms with Gasteiger partial charge in [0.25, 0.3) is 0 Å². The van der Waals surface area contributed by atoms with E-state index in [1.54, 1.807) is 19.1 Å². The molecule has 41 heavy (non-hydrogen) atoms. The average Bonchev–Trinajstić information content (AvgIpc) is 3.59. The van der Waals surface area contributed by atoms with Crippen molar-refractivity contribution >= 4 is 46.1 Å². The van der Waals surface area contributed by atoms with Gasteiger partial charge in [-0.05, 0) is 47.9 Å². The van der Waals surface area contributed by atoms with Crippen molar-refractivity contribution in [2.24, 2.45) is 0 Å². The van der Waals surface area contributed by atoms with Gasteiger partial charge in [0.2, 0.25) is 5.88 Å². The molecule has 0 saturated heterocycles. The quantitative estimate of drug-likeness (QED) is 0.135. The summed E-state index contributed by atoms with van der Waals surface area (Å²) in [6.45, 7) is 2.69. The lowest BCUT2D eigenvalue weighted by Gasteiger charge is -2.13. The van der Waals surface area contributed by atoms with E-state index in [9.17, 15) is 9.59 Å². The van der Waals surface area contributed by atoms with Gasteiger partial charge in [0, 0.05) is 17.0 Å². The van der Waals surface area contributed by atoms with Crippen LogP contribution in [0.1, 0.15) is 28.4 Å². The third kappa shape index (κ3) is 5.53. The molecule has 2 heterocycles. The summed E-state index contributed by atoms with van der Waals surface area (Å²) in [5, 5.41) is 0.853. The summed E-state index contributed by atoms with van der Waals surface area (Å²) in [7, 11) is 0. The molecule has 0 bridgehead atoms. The summed E-state index contributed by atoms with van der Waals surface area (Å²) >= 11 is 1.16. The summed E-state index contributed by atoms with van der Waals surface area (Å²) in [5.74, 6) is 0.999. The minimum atomic E-state index is -0.804. The van der Waals surface area contributed by atoms with E-state index in [1.807, 2.05) is 83.4 Å². The number of hydrogen-bond donors (Lipinski definition) is 0. The van der Waals surface area contributed by atoms with Gasteiger partial charge in [0.05, 0.1) is 36.0 Å². The van der Waals surface area contributed by atoms with Crippen molar-refractivity contribution in [3.8, 4) is 22.8 Å². The topological polar surface area (TPSA) is 92.5 Å². The Bertz CT molecular complexity index is 1850. The first-order chi connectivity index (χ1) is 20.1. The Balaban J connectivity index is 1.51. The Labute approximate surface area is 240 Å². The second kappa shape index (κ2) is 11.6. The molecule has 0 saturated carbocycles. The Hall–Kier alpha value is -5.02. The maximum absolute atomic E-state index is 12.7. The minimum Gasteiger partial charge on any atom is -0.489 e. The van der Waals surface area contributed by atoms with E-state index in [1.165, 1.54) is 0 Å². The molecule has 0 radical (unpaired) electrons. The number of nitrogens with zero attached hydrogens (tertiary/aromatic N) is 3. The average molecular weight is 564 g/mol. The highest BCUT2D eigenvalue weighted by atomic mass is 32.1. The van der Waals surface area contributed by atoms with Crippen molar-refractivity contribution in [3.63, 3.8) is 0 Å². The van der Waals surface area contributed by atoms with Crippen LogP contribution in [0.15, 0.2) is 91.0 Å². The predicted molar refractivity (Wildman–Crippen MR) is 158 cm³/mol. The molecule has 4 aromatic carbocycles. The molecule has 0 aliphatic carbocycles. The van der Waals surface area contributed by atoms with E-state index in [-0.39, 0.29) is 6.61 Å². The third-order valence-corrected chi connectivity index (χ3v) is 7.23. The standard InChI is InChI=1S/C32H25N3O5S/c1-2-38-32(37)40-31-30(24-11-8-21(19-36)9-12-24)26-14-13-25(39-20-22-6-4-3-5-7-22)17-29(26)35(31)18-23-10-15-27-28(16-23)34-41-33-27/h3-17,19H,2,18,20H2,1H3. The number of fused-ring (bicyclic) bond motifs is 2. The van der Waals surface area contributed by atoms with Crippen LogP contribution in [0.5, 0.6) is 11.6 Å². The van der Waals surface area contributed by atoms with Crippen molar-refractivity contribution in [3.05, 3.63) is 108 Å². The zero-order valence-corrected chi connectivity index (χ0v) is 23.0. The van der Waals surface area contributed by atoms with Crippen molar-refractivity contribution in [2.75, 3.05) is 6.61 Å². The van der Waals surface area contributed by atoms with Crippen molar-refractivity contribution < 1.29 is 23.8 Å². The Morgan fingerprint density at radius 2 is 1.71 bits per heavy atom. The maximum atomic E-state index is 12.7. The monoisotopic (exact) mass is 563 g/mol. The van der Waals surface area contributed by atoms with E-state index < -0.39 is 6.16 Å². The Morgan fingerprint density at radius 1 is 0.902 bits per heavy atom. The largest absolute Gasteiger partial charge is 0.515 e. The highest BCUT2D eigenvalue weighted by Crippen LogP contribution is 2.42. The smallest absolute Gasteiger partial charge is 0.489 e. The molecule has 0 atom stereocenters. The Morgan fingerprint density at radius 3 is 2.49 bits per heavy atom. The fourth-order valence-corrected chi connectivity index (χ4v) is 5.26. The molecule has 0 aliphatic heterocycles. The normalized spacial score (nSPS) is 11.0. The third-order valence-electron chi connectivity index (χ3n) is 6.67. The van der Waals surface area contributed by atoms with Gasteiger partial charge in [-0.3, -0.25) is 4.79 Å². The van der Waals surface area contributed by atoms with Gasteiger partial charge in [-0.15, -0.1) is 0 Å². The van der Waals surface area contributed by atoms with Crippen molar-refractivity contribution in [1.29, 1.82) is 0 Å². The molecule has 8 nitrogen and oxygen atoms in total. The lowest BCUT2D eigenvalue weighted by Crippen LogP contribution is -2.14. The first-order valence-electron chi connectivity index (χ1n) is 13.1. The van der Waals surface area contributed by atoms with E-state index >= 15 is 0 Å². The highest BCUT2D eigenvalue weighted by Gasteiger charge is 2.24. The van der Waals surface area contributed by atoms with Gasteiger partial charge in [0.1, 0.15) is 29.7 Å². The lowest BCUT2D eigenvalue weighted by molar-refractivity contribution is 0.101. The fourth-order valence-electron chi connectivity index (χ4n) is 4.74. The molecule has 204 valence electrons. The SMILES string of the molecule is CCOC(=O)Oc1c(-c2ccc(C=O)cc2)c2ccc(OCc3ccccc3)cc2n1Cc1ccc2nsnc2c1. The fraction of sp³-hybridized carbons (Fsp3) is 0.125. The second-order valence-corrected chi connectivity index (χ2v) is 9.86. The number of aromatic nitrogens is 3. The molecule has 6 rings (SSSR count). The van der Waals surface area contributed by atoms with E-state index in [2.05, 4.69) is 8.75 Å². The van der Waals surface area contributed by atoms with Crippen molar-refractivity contribution in [1.82, 2.24) is 13.3 Å². The molecular weight excluding hydrogens is 538 g/mol. The molecule has 0 fully saturated rings. The lowest BCUT2D eigenvalue weighted by atomic mass is 10.0. The minimum absolute atomic E-state index is 0.174. The second-order valence-electron chi connectivity index (χ2n) is 9.33. The van der Waals surface area contributed by atoms with Crippen LogP contribution in [0.3, 0.4) is 0 Å². The van der Waals surface area contributed by atoms with Crippen LogP contribution in [0.25, 0.3) is 33.1 Å². The first kappa shape index (κ1) is 26.2. The molecule has 0 spiro atoms. The molecule has 2 aromatic heterocycles. The summed E-state index contributed by atoms with van der Waals surface area (Å²) < 4.78 is 27.8. The predicted octanol–water partition coefficient (Wildman–Crippen LogP) is 7.29. The van der Waals surface area contributed by atoms with Crippen LogP contribution in [-0.2, 0) is 17.9 Å². The van der Waals surface area contributed by atoms with Crippen LogP contribution in [0.4, 0.5) is 4.79 Å². The van der Waals surface area contributed by atoms with E-state index in [4.69, 9.17) is 14.2 Å². The molecule has 0 aliphatic rings. The zero-order chi connectivity index (χ0) is 28.2. The number of benzene rings is 4. The number of hydrogen-bond acceptors (Lipinski definition) is 8. The van der Waals surface area contributed by atoms with Crippen LogP contribution >= 0.6 is 11.7 Å². The number of carbonyl (C=O) groups is 2. The Kier molecular flexibility index (Phi) is 7.42. The van der Waals surface area contributed by atoms with E-state index in [0.717, 1.165) is 56.6 Å². The summed E-state index contributed by atoms with van der Waals surface area (Å²) in [6.07, 6.45) is -0.00913.